The number of ketones is 1. The Balaban J connectivity index is 2.18. The number of amides is 1. The van der Waals surface area contributed by atoms with E-state index < -0.39 is 5.91 Å². The summed E-state index contributed by atoms with van der Waals surface area (Å²) in [5.41, 5.74) is 0.699. The second-order valence-corrected chi connectivity index (χ2v) is 6.74. The molecule has 5 heteroatoms. The number of benzene rings is 1. The molecule has 0 aromatic heterocycles. The molecular formula is C21H25NO4. The Hall–Kier alpha value is -2.82. The molecule has 0 bridgehead atoms. The van der Waals surface area contributed by atoms with E-state index in [0.29, 0.717) is 17.9 Å². The molecule has 1 aliphatic heterocycles. The lowest BCUT2D eigenvalue weighted by Crippen LogP contribution is -2.24. The van der Waals surface area contributed by atoms with Gasteiger partial charge >= 0.3 is 0 Å². The van der Waals surface area contributed by atoms with E-state index in [1.165, 1.54) is 12.1 Å². The van der Waals surface area contributed by atoms with Crippen LogP contribution in [-0.4, -0.2) is 21.9 Å². The number of phenols is 1. The van der Waals surface area contributed by atoms with Crippen molar-refractivity contribution in [3.8, 4) is 5.75 Å². The first-order chi connectivity index (χ1) is 12.3. The van der Waals surface area contributed by atoms with Crippen molar-refractivity contribution in [2.24, 2.45) is 11.8 Å². The summed E-state index contributed by atoms with van der Waals surface area (Å²) in [6.45, 7) is 5.79. The number of phenolic OH excluding ortho intramolecular Hbond substituents is 1. The molecule has 2 rings (SSSR count). The number of aromatic hydroxyl groups is 1. The van der Waals surface area contributed by atoms with E-state index in [2.05, 4.69) is 18.3 Å². The van der Waals surface area contributed by atoms with Gasteiger partial charge in [0.25, 0.3) is 5.91 Å². The lowest BCUT2D eigenvalue weighted by Gasteiger charge is -2.15. The molecule has 1 aromatic carbocycles. The van der Waals surface area contributed by atoms with Gasteiger partial charge in [-0.1, -0.05) is 38.1 Å². The van der Waals surface area contributed by atoms with E-state index in [-0.39, 0.29) is 34.5 Å². The Morgan fingerprint density at radius 3 is 2.46 bits per heavy atom. The van der Waals surface area contributed by atoms with Crippen molar-refractivity contribution in [3.63, 3.8) is 0 Å². The maximum absolute atomic E-state index is 12.7. The van der Waals surface area contributed by atoms with Crippen molar-refractivity contribution in [2.75, 3.05) is 0 Å². The molecule has 2 unspecified atom stereocenters. The first-order valence-corrected chi connectivity index (χ1v) is 8.74. The van der Waals surface area contributed by atoms with Gasteiger partial charge in [0, 0.05) is 5.92 Å². The third kappa shape index (κ3) is 4.63. The Bertz CT molecular complexity index is 772. The van der Waals surface area contributed by atoms with Crippen molar-refractivity contribution >= 4 is 17.8 Å². The Labute approximate surface area is 153 Å². The molecule has 0 fully saturated rings. The van der Waals surface area contributed by atoms with Crippen LogP contribution in [0.2, 0.25) is 0 Å². The zero-order valence-electron chi connectivity index (χ0n) is 15.3. The van der Waals surface area contributed by atoms with Gasteiger partial charge in [-0.05, 0) is 49.5 Å². The Kier molecular flexibility index (Phi) is 6.39. The highest BCUT2D eigenvalue weighted by atomic mass is 16.3. The third-order valence-electron chi connectivity index (χ3n) is 4.40. The Morgan fingerprint density at radius 2 is 1.85 bits per heavy atom. The largest absolute Gasteiger partial charge is 0.508 e. The lowest BCUT2D eigenvalue weighted by atomic mass is 9.88. The maximum Gasteiger partial charge on any atom is 0.263 e. The minimum Gasteiger partial charge on any atom is -0.508 e. The predicted octanol–water partition coefficient (Wildman–Crippen LogP) is 3.87. The molecule has 1 amide bonds. The van der Waals surface area contributed by atoms with E-state index in [9.17, 15) is 19.8 Å². The number of nitrogens with one attached hydrogen (secondary N) is 1. The number of carbonyl (C=O) groups excluding carboxylic acids is 2. The number of Topliss-reactive ketones (excluding diaryl/α,β-unsaturated/α-hetero) is 1. The number of hydrogen-bond acceptors (Lipinski definition) is 4. The minimum atomic E-state index is -0.578. The molecule has 0 radical (unpaired) electrons. The van der Waals surface area contributed by atoms with Crippen LogP contribution in [0.1, 0.15) is 39.2 Å². The van der Waals surface area contributed by atoms with Gasteiger partial charge in [-0.3, -0.25) is 9.59 Å². The molecule has 0 saturated carbocycles. The van der Waals surface area contributed by atoms with E-state index in [0.717, 1.165) is 6.42 Å². The molecule has 3 N–H and O–H groups in total. The number of carbonyl (C=O) groups is 2. The van der Waals surface area contributed by atoms with Crippen LogP contribution in [0, 0.1) is 11.8 Å². The second-order valence-electron chi connectivity index (χ2n) is 6.74. The van der Waals surface area contributed by atoms with Crippen molar-refractivity contribution in [1.29, 1.82) is 0 Å². The molecule has 5 nitrogen and oxygen atoms in total. The number of allylic oxidation sites excluding steroid dienone is 2. The van der Waals surface area contributed by atoms with Gasteiger partial charge in [0.15, 0.2) is 11.5 Å². The standard InChI is InChI=1S/C21H25NO4/c1-4-5-6-13(2)11-14(3)19(24)18-20(25)17(22-21(18)26)12-15-7-9-16(23)10-8-15/h4-5,7-10,12-14,23,25H,6,11H2,1-3H3,(H,22,26)/b5-4+,17-12-. The Morgan fingerprint density at radius 1 is 1.19 bits per heavy atom. The molecule has 1 aliphatic rings. The van der Waals surface area contributed by atoms with Crippen LogP contribution < -0.4 is 5.32 Å². The molecule has 2 atom stereocenters. The van der Waals surface area contributed by atoms with Crippen molar-refractivity contribution in [1.82, 2.24) is 5.32 Å². The van der Waals surface area contributed by atoms with E-state index in [4.69, 9.17) is 0 Å². The molecular weight excluding hydrogens is 330 g/mol. The summed E-state index contributed by atoms with van der Waals surface area (Å²) >= 11 is 0. The normalized spacial score (nSPS) is 18.4. The highest BCUT2D eigenvalue weighted by Gasteiger charge is 2.34. The molecule has 138 valence electrons. The molecule has 0 aliphatic carbocycles. The van der Waals surface area contributed by atoms with Crippen LogP contribution in [0.3, 0.4) is 0 Å². The van der Waals surface area contributed by atoms with Crippen LogP contribution in [0.25, 0.3) is 6.08 Å². The first-order valence-electron chi connectivity index (χ1n) is 8.74. The summed E-state index contributed by atoms with van der Waals surface area (Å²) in [4.78, 5) is 24.9. The summed E-state index contributed by atoms with van der Waals surface area (Å²) in [5.74, 6) is -1.16. The van der Waals surface area contributed by atoms with Crippen LogP contribution in [0.5, 0.6) is 5.75 Å². The fourth-order valence-electron chi connectivity index (χ4n) is 2.98. The average Bonchev–Trinajstić information content (AvgIpc) is 2.88. The van der Waals surface area contributed by atoms with Crippen LogP contribution in [0.4, 0.5) is 0 Å². The summed E-state index contributed by atoms with van der Waals surface area (Å²) in [6.07, 6.45) is 7.11. The average molecular weight is 355 g/mol. The molecule has 0 saturated heterocycles. The zero-order valence-corrected chi connectivity index (χ0v) is 15.3. The van der Waals surface area contributed by atoms with Gasteiger partial charge in [0.2, 0.25) is 0 Å². The fraction of sp³-hybridized carbons (Fsp3) is 0.333. The van der Waals surface area contributed by atoms with Gasteiger partial charge in [-0.2, -0.15) is 0 Å². The highest BCUT2D eigenvalue weighted by molar-refractivity contribution is 6.23. The summed E-state index contributed by atoms with van der Waals surface area (Å²) in [7, 11) is 0. The summed E-state index contributed by atoms with van der Waals surface area (Å²) in [6, 6.07) is 6.30. The number of aliphatic hydroxyl groups excluding tert-OH is 1. The zero-order chi connectivity index (χ0) is 19.3. The maximum atomic E-state index is 12.7. The van der Waals surface area contributed by atoms with Crippen LogP contribution in [0.15, 0.2) is 53.4 Å². The second kappa shape index (κ2) is 8.52. The van der Waals surface area contributed by atoms with Gasteiger partial charge in [-0.25, -0.2) is 0 Å². The number of hydrogen-bond donors (Lipinski definition) is 3. The summed E-state index contributed by atoms with van der Waals surface area (Å²) < 4.78 is 0. The smallest absolute Gasteiger partial charge is 0.263 e. The number of rotatable bonds is 7. The van der Waals surface area contributed by atoms with E-state index in [1.54, 1.807) is 25.1 Å². The quantitative estimate of drug-likeness (QED) is 0.512. The van der Waals surface area contributed by atoms with Gasteiger partial charge < -0.3 is 15.5 Å². The fourth-order valence-corrected chi connectivity index (χ4v) is 2.98. The molecule has 0 spiro atoms. The molecule has 26 heavy (non-hydrogen) atoms. The van der Waals surface area contributed by atoms with Crippen molar-refractivity contribution in [2.45, 2.75) is 33.6 Å². The first kappa shape index (κ1) is 19.5. The third-order valence-corrected chi connectivity index (χ3v) is 4.40. The van der Waals surface area contributed by atoms with Crippen LogP contribution >= 0.6 is 0 Å². The molecule has 1 aromatic rings. The molecule has 1 heterocycles. The van der Waals surface area contributed by atoms with Crippen molar-refractivity contribution in [3.05, 3.63) is 59.0 Å². The highest BCUT2D eigenvalue weighted by Crippen LogP contribution is 2.26. The van der Waals surface area contributed by atoms with Crippen molar-refractivity contribution < 1.29 is 19.8 Å². The van der Waals surface area contributed by atoms with E-state index >= 15 is 0 Å². The minimum absolute atomic E-state index is 0.124. The van der Waals surface area contributed by atoms with Crippen LogP contribution in [-0.2, 0) is 9.59 Å². The summed E-state index contributed by atoms with van der Waals surface area (Å²) in [5, 5.41) is 22.2. The van der Waals surface area contributed by atoms with Gasteiger partial charge in [0.05, 0.1) is 5.70 Å². The lowest BCUT2D eigenvalue weighted by molar-refractivity contribution is -0.123. The van der Waals surface area contributed by atoms with Gasteiger partial charge in [0.1, 0.15) is 11.3 Å². The topological polar surface area (TPSA) is 86.6 Å². The van der Waals surface area contributed by atoms with E-state index in [1.807, 2.05) is 13.0 Å². The predicted molar refractivity (Wildman–Crippen MR) is 101 cm³/mol. The monoisotopic (exact) mass is 355 g/mol. The SMILES string of the molecule is C/C=C/CC(C)CC(C)C(=O)C1=C(O)/C(=C/c2ccc(O)cc2)NC1=O. The van der Waals surface area contributed by atoms with Gasteiger partial charge in [-0.15, -0.1) is 0 Å². The number of aliphatic hydroxyl groups is 1.